The molecule has 0 radical (unpaired) electrons. The molecule has 1 N–H and O–H groups in total. The summed E-state index contributed by atoms with van der Waals surface area (Å²) in [5.41, 5.74) is 1.87. The van der Waals surface area contributed by atoms with Gasteiger partial charge in [0.15, 0.2) is 0 Å². The van der Waals surface area contributed by atoms with E-state index in [0.717, 1.165) is 52.7 Å². The van der Waals surface area contributed by atoms with Crippen LogP contribution in [0.5, 0.6) is 0 Å². The summed E-state index contributed by atoms with van der Waals surface area (Å²) in [4.78, 5) is 19.9. The number of aromatic nitrogens is 1. The highest BCUT2D eigenvalue weighted by atomic mass is 79.9. The van der Waals surface area contributed by atoms with E-state index in [1.807, 2.05) is 31.2 Å². The van der Waals surface area contributed by atoms with Crippen molar-refractivity contribution in [2.75, 3.05) is 42.3 Å². The first kappa shape index (κ1) is 18.2. The molecule has 1 aromatic carbocycles. The normalized spacial score (nSPS) is 14.4. The van der Waals surface area contributed by atoms with E-state index in [1.165, 1.54) is 11.8 Å². The maximum absolute atomic E-state index is 12.2. The van der Waals surface area contributed by atoms with Gasteiger partial charge in [-0.15, -0.1) is 11.8 Å². The van der Waals surface area contributed by atoms with Gasteiger partial charge < -0.3 is 15.0 Å². The Kier molecular flexibility index (Phi) is 6.34. The molecule has 1 aromatic heterocycles. The fraction of sp³-hybridized carbons (Fsp3) is 0.333. The highest BCUT2D eigenvalue weighted by Gasteiger charge is 2.12. The van der Waals surface area contributed by atoms with Crippen molar-refractivity contribution in [3.05, 3.63) is 46.6 Å². The molecular weight excluding hydrogens is 402 g/mol. The second-order valence-corrected chi connectivity index (χ2v) is 7.68. The number of thioether (sulfide) groups is 1. The molecule has 1 aliphatic rings. The fourth-order valence-corrected chi connectivity index (χ4v) is 3.84. The Morgan fingerprint density at radius 3 is 2.80 bits per heavy atom. The molecule has 1 fully saturated rings. The molecule has 0 unspecified atom stereocenters. The van der Waals surface area contributed by atoms with Gasteiger partial charge in [-0.1, -0.05) is 15.9 Å². The molecule has 0 bridgehead atoms. The summed E-state index contributed by atoms with van der Waals surface area (Å²) in [5, 5.41) is 2.90. The lowest BCUT2D eigenvalue weighted by Gasteiger charge is -2.27. The van der Waals surface area contributed by atoms with Gasteiger partial charge in [0.25, 0.3) is 0 Å². The second-order valence-electron chi connectivity index (χ2n) is 5.75. The molecule has 0 atom stereocenters. The topological polar surface area (TPSA) is 54.5 Å². The molecule has 2 aromatic rings. The number of benzene rings is 1. The molecule has 1 aliphatic heterocycles. The van der Waals surface area contributed by atoms with Crippen LogP contribution in [0.1, 0.15) is 5.56 Å². The summed E-state index contributed by atoms with van der Waals surface area (Å²) in [5.74, 6) is 1.25. The minimum atomic E-state index is -0.0340. The zero-order valence-corrected chi connectivity index (χ0v) is 16.4. The number of nitrogens with one attached hydrogen (secondary N) is 1. The van der Waals surface area contributed by atoms with E-state index < -0.39 is 0 Å². The van der Waals surface area contributed by atoms with Crippen LogP contribution in [-0.4, -0.2) is 42.9 Å². The number of morpholine rings is 1. The summed E-state index contributed by atoms with van der Waals surface area (Å²) < 4.78 is 6.39. The Labute approximate surface area is 160 Å². The SMILES string of the molecule is Cc1cc(Br)ccc1SCC(=O)Nc1ccc(N2CCOCC2)nc1. The van der Waals surface area contributed by atoms with E-state index in [4.69, 9.17) is 4.74 Å². The smallest absolute Gasteiger partial charge is 0.234 e. The molecule has 1 saturated heterocycles. The van der Waals surface area contributed by atoms with Crippen LogP contribution in [0.4, 0.5) is 11.5 Å². The maximum atomic E-state index is 12.2. The van der Waals surface area contributed by atoms with Crippen molar-refractivity contribution < 1.29 is 9.53 Å². The predicted molar refractivity (Wildman–Crippen MR) is 106 cm³/mol. The zero-order chi connectivity index (χ0) is 17.6. The molecule has 3 rings (SSSR count). The third kappa shape index (κ3) is 5.20. The van der Waals surface area contributed by atoms with Crippen LogP contribution in [0.2, 0.25) is 0 Å². The van der Waals surface area contributed by atoms with Gasteiger partial charge in [-0.25, -0.2) is 4.98 Å². The summed E-state index contributed by atoms with van der Waals surface area (Å²) in [7, 11) is 0. The van der Waals surface area contributed by atoms with Crippen molar-refractivity contribution in [1.82, 2.24) is 4.98 Å². The van der Waals surface area contributed by atoms with Crippen molar-refractivity contribution in [2.24, 2.45) is 0 Å². The molecule has 132 valence electrons. The number of carbonyl (C=O) groups excluding carboxylic acids is 1. The average Bonchev–Trinajstić information content (AvgIpc) is 2.62. The number of amides is 1. The lowest BCUT2D eigenvalue weighted by molar-refractivity contribution is -0.113. The molecule has 25 heavy (non-hydrogen) atoms. The average molecular weight is 422 g/mol. The zero-order valence-electron chi connectivity index (χ0n) is 14.0. The molecule has 0 aliphatic carbocycles. The van der Waals surface area contributed by atoms with Crippen LogP contribution in [0.3, 0.4) is 0 Å². The minimum Gasteiger partial charge on any atom is -0.378 e. The molecule has 0 saturated carbocycles. The standard InChI is InChI=1S/C18H20BrN3O2S/c1-13-10-14(19)2-4-16(13)25-12-18(23)21-15-3-5-17(20-11-15)22-6-8-24-9-7-22/h2-5,10-11H,6-9,12H2,1H3,(H,21,23). The van der Waals surface area contributed by atoms with Gasteiger partial charge in [-0.2, -0.15) is 0 Å². The van der Waals surface area contributed by atoms with Gasteiger partial charge in [0, 0.05) is 22.5 Å². The van der Waals surface area contributed by atoms with Gasteiger partial charge in [0.2, 0.25) is 5.91 Å². The van der Waals surface area contributed by atoms with E-state index >= 15 is 0 Å². The van der Waals surface area contributed by atoms with E-state index in [2.05, 4.69) is 37.2 Å². The summed E-state index contributed by atoms with van der Waals surface area (Å²) >= 11 is 4.98. The first-order chi connectivity index (χ1) is 12.1. The van der Waals surface area contributed by atoms with Crippen molar-refractivity contribution in [3.8, 4) is 0 Å². The fourth-order valence-electron chi connectivity index (χ4n) is 2.55. The third-order valence-electron chi connectivity index (χ3n) is 3.86. The third-order valence-corrected chi connectivity index (χ3v) is 5.53. The number of hydrogen-bond donors (Lipinski definition) is 1. The minimum absolute atomic E-state index is 0.0340. The monoisotopic (exact) mass is 421 g/mol. The number of anilines is 2. The predicted octanol–water partition coefficient (Wildman–Crippen LogP) is 3.72. The summed E-state index contributed by atoms with van der Waals surface area (Å²) in [6.07, 6.45) is 1.71. The van der Waals surface area contributed by atoms with E-state index in [9.17, 15) is 4.79 Å². The molecule has 2 heterocycles. The van der Waals surface area contributed by atoms with Gasteiger partial charge in [0.05, 0.1) is 30.9 Å². The van der Waals surface area contributed by atoms with Crippen LogP contribution in [0.25, 0.3) is 0 Å². The van der Waals surface area contributed by atoms with E-state index in [1.54, 1.807) is 6.20 Å². The lowest BCUT2D eigenvalue weighted by atomic mass is 10.2. The van der Waals surface area contributed by atoms with Gasteiger partial charge >= 0.3 is 0 Å². The first-order valence-corrected chi connectivity index (χ1v) is 9.87. The first-order valence-electron chi connectivity index (χ1n) is 8.09. The van der Waals surface area contributed by atoms with Gasteiger partial charge in [-0.05, 0) is 42.8 Å². The highest BCUT2D eigenvalue weighted by molar-refractivity contribution is 9.10. The van der Waals surface area contributed by atoms with Gasteiger partial charge in [-0.3, -0.25) is 4.79 Å². The lowest BCUT2D eigenvalue weighted by Crippen LogP contribution is -2.36. The second kappa shape index (κ2) is 8.69. The summed E-state index contributed by atoms with van der Waals surface area (Å²) in [6.45, 7) is 5.20. The van der Waals surface area contributed by atoms with Crippen LogP contribution >= 0.6 is 27.7 Å². The van der Waals surface area contributed by atoms with Gasteiger partial charge in [0.1, 0.15) is 5.82 Å². The Morgan fingerprint density at radius 2 is 2.12 bits per heavy atom. The molecular formula is C18H20BrN3O2S. The molecule has 5 nitrogen and oxygen atoms in total. The van der Waals surface area contributed by atoms with Crippen LogP contribution in [0, 0.1) is 6.92 Å². The molecule has 1 amide bonds. The Hall–Kier alpha value is -1.57. The highest BCUT2D eigenvalue weighted by Crippen LogP contribution is 2.25. The van der Waals surface area contributed by atoms with E-state index in [0.29, 0.717) is 5.75 Å². The van der Waals surface area contributed by atoms with Crippen LogP contribution in [-0.2, 0) is 9.53 Å². The number of hydrogen-bond acceptors (Lipinski definition) is 5. The van der Waals surface area contributed by atoms with E-state index in [-0.39, 0.29) is 5.91 Å². The number of halogens is 1. The van der Waals surface area contributed by atoms with Crippen molar-refractivity contribution >= 4 is 45.1 Å². The summed E-state index contributed by atoms with van der Waals surface area (Å²) in [6, 6.07) is 9.89. The quantitative estimate of drug-likeness (QED) is 0.745. The largest absolute Gasteiger partial charge is 0.378 e. The number of pyridine rings is 1. The Balaban J connectivity index is 1.52. The molecule has 7 heteroatoms. The molecule has 0 spiro atoms. The Morgan fingerprint density at radius 1 is 1.32 bits per heavy atom. The van der Waals surface area contributed by atoms with Crippen LogP contribution in [0.15, 0.2) is 45.9 Å². The number of ether oxygens (including phenoxy) is 1. The number of rotatable bonds is 5. The Bertz CT molecular complexity index is 734. The maximum Gasteiger partial charge on any atom is 0.234 e. The van der Waals surface area contributed by atoms with Crippen molar-refractivity contribution in [3.63, 3.8) is 0 Å². The van der Waals surface area contributed by atoms with Crippen molar-refractivity contribution in [2.45, 2.75) is 11.8 Å². The van der Waals surface area contributed by atoms with Crippen LogP contribution < -0.4 is 10.2 Å². The number of aryl methyl sites for hydroxylation is 1. The van der Waals surface area contributed by atoms with Crippen molar-refractivity contribution in [1.29, 1.82) is 0 Å². The number of carbonyl (C=O) groups is 1. The number of nitrogens with zero attached hydrogens (tertiary/aromatic N) is 2.